The van der Waals surface area contributed by atoms with Gasteiger partial charge in [-0.2, -0.15) is 0 Å². The van der Waals surface area contributed by atoms with Gasteiger partial charge < -0.3 is 19.4 Å². The van der Waals surface area contributed by atoms with Gasteiger partial charge in [0.05, 0.1) is 17.3 Å². The Kier molecular flexibility index (Phi) is 6.55. The van der Waals surface area contributed by atoms with E-state index in [2.05, 4.69) is 5.32 Å². The van der Waals surface area contributed by atoms with Crippen LogP contribution in [0.3, 0.4) is 0 Å². The lowest BCUT2D eigenvalue weighted by molar-refractivity contribution is -0.118. The lowest BCUT2D eigenvalue weighted by Gasteiger charge is -2.14. The minimum Gasteiger partial charge on any atom is -0.478 e. The van der Waals surface area contributed by atoms with Gasteiger partial charge in [-0.3, -0.25) is 9.59 Å². The zero-order chi connectivity index (χ0) is 18.4. The first kappa shape index (κ1) is 19.0. The number of pyridine rings is 1. The summed E-state index contributed by atoms with van der Waals surface area (Å²) in [6.07, 6.45) is 1.64. The van der Waals surface area contributed by atoms with Crippen LogP contribution >= 0.6 is 11.6 Å². The summed E-state index contributed by atoms with van der Waals surface area (Å²) in [5.74, 6) is -0.966. The predicted molar refractivity (Wildman–Crippen MR) is 92.8 cm³/mol. The van der Waals surface area contributed by atoms with Gasteiger partial charge in [-0.05, 0) is 25.1 Å². The van der Waals surface area contributed by atoms with Crippen LogP contribution in [-0.4, -0.2) is 30.8 Å². The molecule has 6 nitrogen and oxygen atoms in total. The number of hydrogen-bond acceptors (Lipinski definition) is 4. The van der Waals surface area contributed by atoms with Gasteiger partial charge in [-0.1, -0.05) is 11.6 Å². The standard InChI is InChI=1S/C17H18ClFN2O4/c1-11-17(15(22)5-6-21(11)7-8-24-2)25-10-16(23)20-12-3-4-14(19)13(18)9-12/h3-6,9H,7-8,10H2,1-2H3,(H,20,23). The van der Waals surface area contributed by atoms with Crippen LogP contribution in [0.5, 0.6) is 5.75 Å². The van der Waals surface area contributed by atoms with E-state index < -0.39 is 11.7 Å². The van der Waals surface area contributed by atoms with Crippen molar-refractivity contribution in [3.63, 3.8) is 0 Å². The molecule has 1 amide bonds. The smallest absolute Gasteiger partial charge is 0.262 e. The second-order valence-corrected chi connectivity index (χ2v) is 5.65. The minimum atomic E-state index is -0.576. The molecular weight excluding hydrogens is 351 g/mol. The lowest BCUT2D eigenvalue weighted by atomic mass is 10.3. The second-order valence-electron chi connectivity index (χ2n) is 5.25. The van der Waals surface area contributed by atoms with E-state index in [0.717, 1.165) is 6.07 Å². The van der Waals surface area contributed by atoms with Gasteiger partial charge in [0.15, 0.2) is 12.4 Å². The number of anilines is 1. The Hall–Kier alpha value is -2.38. The fourth-order valence-corrected chi connectivity index (χ4v) is 2.35. The molecule has 1 aromatic heterocycles. The molecule has 8 heteroatoms. The third-order valence-corrected chi connectivity index (χ3v) is 3.77. The molecule has 0 fully saturated rings. The molecule has 1 N–H and O–H groups in total. The van der Waals surface area contributed by atoms with Crippen molar-refractivity contribution in [1.82, 2.24) is 4.57 Å². The van der Waals surface area contributed by atoms with Crippen LogP contribution in [0.25, 0.3) is 0 Å². The molecule has 0 saturated carbocycles. The average Bonchev–Trinajstić information content (AvgIpc) is 2.57. The molecular formula is C17H18ClFN2O4. The van der Waals surface area contributed by atoms with Crippen molar-refractivity contribution in [2.24, 2.45) is 0 Å². The Morgan fingerprint density at radius 3 is 2.80 bits per heavy atom. The zero-order valence-corrected chi connectivity index (χ0v) is 14.6. The molecule has 134 valence electrons. The minimum absolute atomic E-state index is 0.0985. The first-order chi connectivity index (χ1) is 11.9. The maximum atomic E-state index is 13.1. The highest BCUT2D eigenvalue weighted by atomic mass is 35.5. The van der Waals surface area contributed by atoms with Crippen LogP contribution in [0, 0.1) is 12.7 Å². The Labute approximate surface area is 149 Å². The quantitative estimate of drug-likeness (QED) is 0.815. The van der Waals surface area contributed by atoms with E-state index >= 15 is 0 Å². The fraction of sp³-hybridized carbons (Fsp3) is 0.294. The van der Waals surface area contributed by atoms with Crippen LogP contribution in [0.15, 0.2) is 35.3 Å². The van der Waals surface area contributed by atoms with Gasteiger partial charge in [0.2, 0.25) is 5.43 Å². The summed E-state index contributed by atoms with van der Waals surface area (Å²) in [4.78, 5) is 23.9. The molecule has 0 aliphatic heterocycles. The maximum Gasteiger partial charge on any atom is 0.262 e. The van der Waals surface area contributed by atoms with Crippen molar-refractivity contribution in [1.29, 1.82) is 0 Å². The molecule has 0 atom stereocenters. The van der Waals surface area contributed by atoms with Gasteiger partial charge in [0.1, 0.15) is 5.82 Å². The van der Waals surface area contributed by atoms with Crippen molar-refractivity contribution in [3.05, 3.63) is 57.2 Å². The molecule has 0 unspecified atom stereocenters. The number of carbonyl (C=O) groups is 1. The summed E-state index contributed by atoms with van der Waals surface area (Å²) >= 11 is 5.66. The number of nitrogens with one attached hydrogen (secondary N) is 1. The van der Waals surface area contributed by atoms with Gasteiger partial charge >= 0.3 is 0 Å². The zero-order valence-electron chi connectivity index (χ0n) is 13.8. The molecule has 0 aliphatic rings. The van der Waals surface area contributed by atoms with E-state index in [0.29, 0.717) is 24.5 Å². The van der Waals surface area contributed by atoms with E-state index in [1.807, 2.05) is 0 Å². The Morgan fingerprint density at radius 1 is 1.36 bits per heavy atom. The van der Waals surface area contributed by atoms with Crippen LogP contribution in [0.4, 0.5) is 10.1 Å². The molecule has 0 spiro atoms. The number of carbonyl (C=O) groups excluding carboxylic acids is 1. The Morgan fingerprint density at radius 2 is 2.12 bits per heavy atom. The summed E-state index contributed by atoms with van der Waals surface area (Å²) in [5, 5.41) is 2.43. The van der Waals surface area contributed by atoms with Gasteiger partial charge in [0, 0.05) is 31.6 Å². The summed E-state index contributed by atoms with van der Waals surface area (Å²) in [5.41, 5.74) is 0.619. The van der Waals surface area contributed by atoms with E-state index in [-0.39, 0.29) is 22.8 Å². The number of methoxy groups -OCH3 is 1. The monoisotopic (exact) mass is 368 g/mol. The van der Waals surface area contributed by atoms with Crippen molar-refractivity contribution < 1.29 is 18.7 Å². The fourth-order valence-electron chi connectivity index (χ4n) is 2.17. The van der Waals surface area contributed by atoms with Gasteiger partial charge in [-0.25, -0.2) is 4.39 Å². The number of amides is 1. The lowest BCUT2D eigenvalue weighted by Crippen LogP contribution is -2.24. The molecule has 25 heavy (non-hydrogen) atoms. The molecule has 0 bridgehead atoms. The molecule has 1 aromatic carbocycles. The first-order valence-electron chi connectivity index (χ1n) is 7.49. The topological polar surface area (TPSA) is 69.6 Å². The number of nitrogens with zero attached hydrogens (tertiary/aromatic N) is 1. The van der Waals surface area contributed by atoms with Gasteiger partial charge in [0.25, 0.3) is 5.91 Å². The normalized spacial score (nSPS) is 10.6. The molecule has 0 aliphatic carbocycles. The molecule has 0 saturated heterocycles. The van der Waals surface area contributed by atoms with Crippen LogP contribution < -0.4 is 15.5 Å². The average molecular weight is 369 g/mol. The van der Waals surface area contributed by atoms with Crippen LogP contribution in [0.1, 0.15) is 5.69 Å². The summed E-state index contributed by atoms with van der Waals surface area (Å²) in [6, 6.07) is 5.19. The number of ether oxygens (including phenoxy) is 2. The Balaban J connectivity index is 2.03. The van der Waals surface area contributed by atoms with Crippen molar-refractivity contribution in [3.8, 4) is 5.75 Å². The molecule has 1 heterocycles. The molecule has 2 rings (SSSR count). The first-order valence-corrected chi connectivity index (χ1v) is 7.87. The second kappa shape index (κ2) is 8.64. The summed E-state index contributed by atoms with van der Waals surface area (Å²) in [6.45, 7) is 2.40. The SMILES string of the molecule is COCCn1ccc(=O)c(OCC(=O)Nc2ccc(F)c(Cl)c2)c1C. The highest BCUT2D eigenvalue weighted by molar-refractivity contribution is 6.31. The number of hydrogen-bond donors (Lipinski definition) is 1. The third-order valence-electron chi connectivity index (χ3n) is 3.48. The number of benzene rings is 1. The summed E-state index contributed by atoms with van der Waals surface area (Å²) in [7, 11) is 1.58. The van der Waals surface area contributed by atoms with E-state index in [1.54, 1.807) is 24.8 Å². The van der Waals surface area contributed by atoms with E-state index in [4.69, 9.17) is 21.1 Å². The number of halogens is 2. The highest BCUT2D eigenvalue weighted by Gasteiger charge is 2.12. The van der Waals surface area contributed by atoms with Crippen LogP contribution in [-0.2, 0) is 16.1 Å². The molecule has 0 radical (unpaired) electrons. The van der Waals surface area contributed by atoms with Crippen molar-refractivity contribution in [2.75, 3.05) is 25.6 Å². The van der Waals surface area contributed by atoms with Gasteiger partial charge in [-0.15, -0.1) is 0 Å². The van der Waals surface area contributed by atoms with Crippen LogP contribution in [0.2, 0.25) is 5.02 Å². The van der Waals surface area contributed by atoms with E-state index in [9.17, 15) is 14.0 Å². The maximum absolute atomic E-state index is 13.1. The summed E-state index contributed by atoms with van der Waals surface area (Å²) < 4.78 is 25.3. The largest absolute Gasteiger partial charge is 0.478 e. The third kappa shape index (κ3) is 5.04. The van der Waals surface area contributed by atoms with E-state index in [1.165, 1.54) is 18.2 Å². The number of rotatable bonds is 7. The van der Waals surface area contributed by atoms with Crippen molar-refractivity contribution in [2.45, 2.75) is 13.5 Å². The number of aromatic nitrogens is 1. The predicted octanol–water partition coefficient (Wildman–Crippen LogP) is 2.61. The highest BCUT2D eigenvalue weighted by Crippen LogP contribution is 2.19. The van der Waals surface area contributed by atoms with Crippen molar-refractivity contribution >= 4 is 23.2 Å². The molecule has 2 aromatic rings. The Bertz CT molecular complexity index is 823.